The zero-order valence-electron chi connectivity index (χ0n) is 10.5. The standard InChI is InChI=1S/C13H18N4O/c1-14-8-11-13(16-7-5-10(18)9-16)15-12-4-2-3-6-17(11)12/h2-4,6,10,14,18H,5,7-9H2,1H3. The molecular formula is C13H18N4O. The highest BCUT2D eigenvalue weighted by Crippen LogP contribution is 2.25. The number of aromatic nitrogens is 2. The van der Waals surface area contributed by atoms with Gasteiger partial charge in [0.2, 0.25) is 0 Å². The summed E-state index contributed by atoms with van der Waals surface area (Å²) < 4.78 is 2.11. The van der Waals surface area contributed by atoms with Crippen molar-refractivity contribution in [2.45, 2.75) is 19.1 Å². The van der Waals surface area contributed by atoms with Crippen LogP contribution in [0.3, 0.4) is 0 Å². The monoisotopic (exact) mass is 246 g/mol. The molecule has 3 heterocycles. The molecule has 5 nitrogen and oxygen atoms in total. The van der Waals surface area contributed by atoms with Crippen LogP contribution >= 0.6 is 0 Å². The van der Waals surface area contributed by atoms with E-state index in [2.05, 4.69) is 19.6 Å². The van der Waals surface area contributed by atoms with Crippen LogP contribution in [-0.4, -0.2) is 40.7 Å². The molecule has 2 N–H and O–H groups in total. The van der Waals surface area contributed by atoms with Gasteiger partial charge < -0.3 is 19.7 Å². The highest BCUT2D eigenvalue weighted by Gasteiger charge is 2.25. The lowest BCUT2D eigenvalue weighted by atomic mass is 10.3. The minimum absolute atomic E-state index is 0.225. The lowest BCUT2D eigenvalue weighted by Gasteiger charge is -2.16. The molecule has 0 aliphatic carbocycles. The molecule has 1 aliphatic heterocycles. The Hall–Kier alpha value is -1.59. The Kier molecular flexibility index (Phi) is 2.93. The van der Waals surface area contributed by atoms with Crippen LogP contribution in [0.4, 0.5) is 5.82 Å². The van der Waals surface area contributed by atoms with Crippen molar-refractivity contribution in [2.24, 2.45) is 0 Å². The number of aliphatic hydroxyl groups excluding tert-OH is 1. The van der Waals surface area contributed by atoms with Crippen LogP contribution in [0.25, 0.3) is 5.65 Å². The first-order valence-electron chi connectivity index (χ1n) is 6.33. The van der Waals surface area contributed by atoms with Crippen molar-refractivity contribution in [3.8, 4) is 0 Å². The number of hydrogen-bond acceptors (Lipinski definition) is 4. The number of nitrogens with one attached hydrogen (secondary N) is 1. The van der Waals surface area contributed by atoms with E-state index in [4.69, 9.17) is 0 Å². The first kappa shape index (κ1) is 11.5. The van der Waals surface area contributed by atoms with Crippen LogP contribution in [0.1, 0.15) is 12.1 Å². The molecule has 0 spiro atoms. The van der Waals surface area contributed by atoms with Crippen LogP contribution < -0.4 is 10.2 Å². The van der Waals surface area contributed by atoms with Crippen LogP contribution in [0.15, 0.2) is 24.4 Å². The first-order valence-corrected chi connectivity index (χ1v) is 6.33. The van der Waals surface area contributed by atoms with E-state index < -0.39 is 0 Å². The molecule has 96 valence electrons. The summed E-state index contributed by atoms with van der Waals surface area (Å²) in [4.78, 5) is 6.86. The van der Waals surface area contributed by atoms with Gasteiger partial charge in [0.05, 0.1) is 11.8 Å². The molecule has 2 aromatic heterocycles. The predicted molar refractivity (Wildman–Crippen MR) is 70.8 cm³/mol. The molecule has 1 saturated heterocycles. The van der Waals surface area contributed by atoms with Gasteiger partial charge in [0.25, 0.3) is 0 Å². The van der Waals surface area contributed by atoms with E-state index in [-0.39, 0.29) is 6.10 Å². The fourth-order valence-corrected chi connectivity index (χ4v) is 2.55. The number of aliphatic hydroxyl groups is 1. The Morgan fingerprint density at radius 3 is 3.11 bits per heavy atom. The zero-order chi connectivity index (χ0) is 12.5. The summed E-state index contributed by atoms with van der Waals surface area (Å²) in [5.41, 5.74) is 2.11. The number of imidazole rings is 1. The van der Waals surface area contributed by atoms with Gasteiger partial charge in [-0.05, 0) is 25.6 Å². The average Bonchev–Trinajstić information content (AvgIpc) is 2.95. The molecule has 1 aliphatic rings. The van der Waals surface area contributed by atoms with Gasteiger partial charge in [-0.3, -0.25) is 0 Å². The summed E-state index contributed by atoms with van der Waals surface area (Å²) in [6.45, 7) is 2.33. The van der Waals surface area contributed by atoms with Gasteiger partial charge in [-0.1, -0.05) is 6.07 Å². The van der Waals surface area contributed by atoms with Gasteiger partial charge in [-0.25, -0.2) is 4.98 Å². The molecule has 2 aromatic rings. The van der Waals surface area contributed by atoms with E-state index in [0.29, 0.717) is 6.54 Å². The van der Waals surface area contributed by atoms with Crippen LogP contribution in [-0.2, 0) is 6.54 Å². The fraction of sp³-hybridized carbons (Fsp3) is 0.462. The van der Waals surface area contributed by atoms with Gasteiger partial charge in [-0.15, -0.1) is 0 Å². The van der Waals surface area contributed by atoms with E-state index >= 15 is 0 Å². The van der Waals surface area contributed by atoms with Crippen molar-refractivity contribution in [2.75, 3.05) is 25.0 Å². The normalized spacial score (nSPS) is 19.9. The Balaban J connectivity index is 2.06. The number of anilines is 1. The topological polar surface area (TPSA) is 52.8 Å². The third-order valence-corrected chi connectivity index (χ3v) is 3.41. The molecule has 0 bridgehead atoms. The second-order valence-electron chi connectivity index (χ2n) is 4.73. The fourth-order valence-electron chi connectivity index (χ4n) is 2.55. The van der Waals surface area contributed by atoms with Crippen molar-refractivity contribution >= 4 is 11.5 Å². The number of β-amino-alcohol motifs (C(OH)–C–C–N with tert-alkyl or cyclic N) is 1. The van der Waals surface area contributed by atoms with Crippen LogP contribution in [0, 0.1) is 0 Å². The van der Waals surface area contributed by atoms with Crippen molar-refractivity contribution in [3.05, 3.63) is 30.1 Å². The van der Waals surface area contributed by atoms with E-state index in [1.54, 1.807) is 0 Å². The molecule has 0 amide bonds. The maximum absolute atomic E-state index is 9.66. The molecule has 18 heavy (non-hydrogen) atoms. The maximum atomic E-state index is 9.66. The van der Waals surface area contributed by atoms with Gasteiger partial charge in [-0.2, -0.15) is 0 Å². The van der Waals surface area contributed by atoms with Crippen molar-refractivity contribution in [3.63, 3.8) is 0 Å². The Bertz CT molecular complexity index is 551. The minimum atomic E-state index is -0.225. The highest BCUT2D eigenvalue weighted by molar-refractivity contribution is 5.56. The van der Waals surface area contributed by atoms with Gasteiger partial charge in [0.15, 0.2) is 5.82 Å². The summed E-state index contributed by atoms with van der Waals surface area (Å²) in [7, 11) is 1.94. The zero-order valence-corrected chi connectivity index (χ0v) is 10.5. The first-order chi connectivity index (χ1) is 8.79. The average molecular weight is 246 g/mol. The van der Waals surface area contributed by atoms with Crippen LogP contribution in [0.5, 0.6) is 0 Å². The quantitative estimate of drug-likeness (QED) is 0.834. The lowest BCUT2D eigenvalue weighted by Crippen LogP contribution is -2.23. The lowest BCUT2D eigenvalue weighted by molar-refractivity contribution is 0.198. The second-order valence-corrected chi connectivity index (χ2v) is 4.73. The van der Waals surface area contributed by atoms with E-state index in [1.165, 1.54) is 0 Å². The van der Waals surface area contributed by atoms with Crippen LogP contribution in [0.2, 0.25) is 0 Å². The number of hydrogen-bond donors (Lipinski definition) is 2. The molecule has 0 saturated carbocycles. The molecule has 5 heteroatoms. The third kappa shape index (κ3) is 1.85. The smallest absolute Gasteiger partial charge is 0.152 e. The van der Waals surface area contributed by atoms with Crippen molar-refractivity contribution in [1.29, 1.82) is 0 Å². The van der Waals surface area contributed by atoms with E-state index in [1.807, 2.05) is 31.4 Å². The number of pyridine rings is 1. The number of fused-ring (bicyclic) bond motifs is 1. The Morgan fingerprint density at radius 1 is 1.50 bits per heavy atom. The van der Waals surface area contributed by atoms with Crippen molar-refractivity contribution < 1.29 is 5.11 Å². The summed E-state index contributed by atoms with van der Waals surface area (Å²) >= 11 is 0. The maximum Gasteiger partial charge on any atom is 0.152 e. The molecule has 1 atom stereocenters. The number of nitrogens with zero attached hydrogens (tertiary/aromatic N) is 3. The largest absolute Gasteiger partial charge is 0.391 e. The van der Waals surface area contributed by atoms with Gasteiger partial charge >= 0.3 is 0 Å². The van der Waals surface area contributed by atoms with Gasteiger partial charge in [0, 0.05) is 25.8 Å². The van der Waals surface area contributed by atoms with Crippen molar-refractivity contribution in [1.82, 2.24) is 14.7 Å². The molecule has 1 fully saturated rings. The summed E-state index contributed by atoms with van der Waals surface area (Å²) in [6.07, 6.45) is 2.63. The summed E-state index contributed by atoms with van der Waals surface area (Å²) in [6, 6.07) is 6.01. The van der Waals surface area contributed by atoms with E-state index in [0.717, 1.165) is 36.7 Å². The molecular weight excluding hydrogens is 228 g/mol. The predicted octanol–water partition coefficient (Wildman–Crippen LogP) is 0.625. The molecule has 0 aromatic carbocycles. The Morgan fingerprint density at radius 2 is 2.39 bits per heavy atom. The number of rotatable bonds is 3. The SMILES string of the molecule is CNCc1c(N2CCC(O)C2)nc2ccccn12. The molecule has 3 rings (SSSR count). The molecule has 1 unspecified atom stereocenters. The van der Waals surface area contributed by atoms with Gasteiger partial charge in [0.1, 0.15) is 5.65 Å². The molecule has 0 radical (unpaired) electrons. The third-order valence-electron chi connectivity index (χ3n) is 3.41. The highest BCUT2D eigenvalue weighted by atomic mass is 16.3. The Labute approximate surface area is 106 Å². The summed E-state index contributed by atoms with van der Waals surface area (Å²) in [5.74, 6) is 0.993. The van der Waals surface area contributed by atoms with E-state index in [9.17, 15) is 5.11 Å². The minimum Gasteiger partial charge on any atom is -0.391 e. The summed E-state index contributed by atoms with van der Waals surface area (Å²) in [5, 5.41) is 12.9. The second kappa shape index (κ2) is 4.59.